The summed E-state index contributed by atoms with van der Waals surface area (Å²) >= 11 is 11.6. The van der Waals surface area contributed by atoms with Gasteiger partial charge in [0.25, 0.3) is 0 Å². The Morgan fingerprint density at radius 1 is 1.22 bits per heavy atom. The molecule has 2 aromatic carbocycles. The van der Waals surface area contributed by atoms with E-state index in [0.717, 1.165) is 0 Å². The predicted octanol–water partition coefficient (Wildman–Crippen LogP) is 5.51. The van der Waals surface area contributed by atoms with E-state index >= 15 is 0 Å². The summed E-state index contributed by atoms with van der Waals surface area (Å²) < 4.78 is 5.04. The number of ether oxygens (including phenoxy) is 1. The molecule has 0 spiro atoms. The van der Waals surface area contributed by atoms with Crippen LogP contribution in [0.15, 0.2) is 42.5 Å². The van der Waals surface area contributed by atoms with Gasteiger partial charge in [0.05, 0.1) is 23.2 Å². The lowest BCUT2D eigenvalue weighted by Gasteiger charge is -2.26. The van der Waals surface area contributed by atoms with Crippen molar-refractivity contribution in [3.05, 3.63) is 64.2 Å². The number of hydrogen-bond donors (Lipinski definition) is 2. The van der Waals surface area contributed by atoms with E-state index in [2.05, 4.69) is 43.5 Å². The van der Waals surface area contributed by atoms with Gasteiger partial charge in [0, 0.05) is 5.69 Å². The highest BCUT2D eigenvalue weighted by Gasteiger charge is 2.19. The van der Waals surface area contributed by atoms with Crippen LogP contribution < -0.4 is 10.6 Å². The molecule has 0 bridgehead atoms. The first kappa shape index (κ1) is 21.2. The predicted molar refractivity (Wildman–Crippen MR) is 116 cm³/mol. The Kier molecular flexibility index (Phi) is 7.63. The van der Waals surface area contributed by atoms with Crippen molar-refractivity contribution in [2.75, 3.05) is 11.9 Å². The van der Waals surface area contributed by atoms with Crippen molar-refractivity contribution in [3.63, 3.8) is 0 Å². The SMILES string of the molecule is CCOC(=O)c1cc(NC(=S)NC(c2ccccc2C)C(C)C)ccc1Cl. The Bertz CT molecular complexity index is 824. The van der Waals surface area contributed by atoms with Gasteiger partial charge < -0.3 is 15.4 Å². The molecule has 2 rings (SSSR count). The second-order valence-electron chi connectivity index (χ2n) is 6.59. The van der Waals surface area contributed by atoms with Crippen LogP contribution in [-0.2, 0) is 4.74 Å². The number of halogens is 1. The Labute approximate surface area is 171 Å². The fourth-order valence-corrected chi connectivity index (χ4v) is 3.26. The monoisotopic (exact) mass is 404 g/mol. The smallest absolute Gasteiger partial charge is 0.339 e. The maximum atomic E-state index is 12.0. The summed E-state index contributed by atoms with van der Waals surface area (Å²) in [6.45, 7) is 8.43. The quantitative estimate of drug-likeness (QED) is 0.491. The van der Waals surface area contributed by atoms with Gasteiger partial charge >= 0.3 is 5.97 Å². The van der Waals surface area contributed by atoms with Gasteiger partial charge in [-0.05, 0) is 61.3 Å². The van der Waals surface area contributed by atoms with E-state index in [1.165, 1.54) is 11.1 Å². The number of rotatable bonds is 6. The fraction of sp³-hybridized carbons (Fsp3) is 0.333. The Hall–Kier alpha value is -2.11. The van der Waals surface area contributed by atoms with Gasteiger partial charge in [-0.2, -0.15) is 0 Å². The molecule has 0 aromatic heterocycles. The molecule has 0 fully saturated rings. The third-order valence-electron chi connectivity index (χ3n) is 4.20. The molecule has 0 saturated carbocycles. The lowest BCUT2D eigenvalue weighted by Crippen LogP contribution is -2.35. The molecule has 1 unspecified atom stereocenters. The van der Waals surface area contributed by atoms with E-state index in [1.807, 2.05) is 12.1 Å². The van der Waals surface area contributed by atoms with Crippen LogP contribution in [0.25, 0.3) is 0 Å². The van der Waals surface area contributed by atoms with Crippen LogP contribution in [0.5, 0.6) is 0 Å². The van der Waals surface area contributed by atoms with Crippen molar-refractivity contribution in [1.82, 2.24) is 5.32 Å². The van der Waals surface area contributed by atoms with E-state index in [-0.39, 0.29) is 6.04 Å². The summed E-state index contributed by atoms with van der Waals surface area (Å²) in [7, 11) is 0. The van der Waals surface area contributed by atoms with Crippen molar-refractivity contribution in [2.24, 2.45) is 5.92 Å². The first-order valence-electron chi connectivity index (χ1n) is 8.93. The highest BCUT2D eigenvalue weighted by atomic mass is 35.5. The fourth-order valence-electron chi connectivity index (χ4n) is 2.82. The lowest BCUT2D eigenvalue weighted by molar-refractivity contribution is 0.0526. The molecule has 2 aromatic rings. The molecule has 4 nitrogen and oxygen atoms in total. The van der Waals surface area contributed by atoms with E-state index in [0.29, 0.717) is 33.9 Å². The average molecular weight is 405 g/mol. The zero-order valence-corrected chi connectivity index (χ0v) is 17.6. The lowest BCUT2D eigenvalue weighted by atomic mass is 9.93. The van der Waals surface area contributed by atoms with Gasteiger partial charge in [0.15, 0.2) is 5.11 Å². The summed E-state index contributed by atoms with van der Waals surface area (Å²) in [5.74, 6) is -0.115. The molecule has 0 aliphatic carbocycles. The van der Waals surface area contributed by atoms with Crippen molar-refractivity contribution in [3.8, 4) is 0 Å². The number of carbonyl (C=O) groups excluding carboxylic acids is 1. The second-order valence-corrected chi connectivity index (χ2v) is 7.41. The minimum atomic E-state index is -0.454. The summed E-state index contributed by atoms with van der Waals surface area (Å²) in [5, 5.41) is 7.34. The summed E-state index contributed by atoms with van der Waals surface area (Å²) in [6.07, 6.45) is 0. The molecular formula is C21H25ClN2O2S. The van der Waals surface area contributed by atoms with Crippen LogP contribution in [0, 0.1) is 12.8 Å². The largest absolute Gasteiger partial charge is 0.462 e. The van der Waals surface area contributed by atoms with E-state index < -0.39 is 5.97 Å². The molecule has 27 heavy (non-hydrogen) atoms. The Balaban J connectivity index is 2.15. The summed E-state index contributed by atoms with van der Waals surface area (Å²) in [5.41, 5.74) is 3.40. The number of carbonyl (C=O) groups is 1. The van der Waals surface area contributed by atoms with Crippen LogP contribution in [-0.4, -0.2) is 17.7 Å². The van der Waals surface area contributed by atoms with Gasteiger partial charge in [-0.3, -0.25) is 0 Å². The molecule has 0 aliphatic heterocycles. The summed E-state index contributed by atoms with van der Waals surface area (Å²) in [6, 6.07) is 13.4. The van der Waals surface area contributed by atoms with Crippen LogP contribution in [0.3, 0.4) is 0 Å². The average Bonchev–Trinajstić information content (AvgIpc) is 2.62. The number of benzene rings is 2. The zero-order chi connectivity index (χ0) is 20.0. The maximum absolute atomic E-state index is 12.0. The number of nitrogens with one attached hydrogen (secondary N) is 2. The number of aryl methyl sites for hydroxylation is 1. The van der Waals surface area contributed by atoms with Crippen molar-refractivity contribution < 1.29 is 9.53 Å². The normalized spacial score (nSPS) is 11.8. The van der Waals surface area contributed by atoms with E-state index in [4.69, 9.17) is 28.6 Å². The zero-order valence-electron chi connectivity index (χ0n) is 16.0. The van der Waals surface area contributed by atoms with E-state index in [1.54, 1.807) is 25.1 Å². The highest BCUT2D eigenvalue weighted by molar-refractivity contribution is 7.80. The molecular weight excluding hydrogens is 380 g/mol. The number of hydrogen-bond acceptors (Lipinski definition) is 3. The van der Waals surface area contributed by atoms with Crippen LogP contribution >= 0.6 is 23.8 Å². The minimum absolute atomic E-state index is 0.0722. The number of esters is 1. The first-order chi connectivity index (χ1) is 12.8. The maximum Gasteiger partial charge on any atom is 0.339 e. The summed E-state index contributed by atoms with van der Waals surface area (Å²) in [4.78, 5) is 12.0. The second kappa shape index (κ2) is 9.72. The third-order valence-corrected chi connectivity index (χ3v) is 4.75. The van der Waals surface area contributed by atoms with Crippen molar-refractivity contribution in [1.29, 1.82) is 0 Å². The highest BCUT2D eigenvalue weighted by Crippen LogP contribution is 2.25. The molecule has 0 amide bonds. The molecule has 0 saturated heterocycles. The molecule has 6 heteroatoms. The number of thiocarbonyl (C=S) groups is 1. The van der Waals surface area contributed by atoms with Crippen LogP contribution in [0.4, 0.5) is 5.69 Å². The third kappa shape index (κ3) is 5.68. The van der Waals surface area contributed by atoms with Crippen LogP contribution in [0.2, 0.25) is 5.02 Å². The Morgan fingerprint density at radius 2 is 1.93 bits per heavy atom. The van der Waals surface area contributed by atoms with Crippen molar-refractivity contribution in [2.45, 2.75) is 33.7 Å². The molecule has 0 radical (unpaired) electrons. The van der Waals surface area contributed by atoms with Gasteiger partial charge in [-0.25, -0.2) is 4.79 Å². The first-order valence-corrected chi connectivity index (χ1v) is 9.71. The standard InChI is InChI=1S/C21H25ClN2O2S/c1-5-26-20(25)17-12-15(10-11-18(17)22)23-21(27)24-19(13(2)3)16-9-7-6-8-14(16)4/h6-13,19H,5H2,1-4H3,(H2,23,24,27). The van der Waals surface area contributed by atoms with Crippen LogP contribution in [0.1, 0.15) is 48.3 Å². The van der Waals surface area contributed by atoms with Gasteiger partial charge in [0.1, 0.15) is 0 Å². The van der Waals surface area contributed by atoms with E-state index in [9.17, 15) is 4.79 Å². The Morgan fingerprint density at radius 3 is 2.56 bits per heavy atom. The topological polar surface area (TPSA) is 50.4 Å². The van der Waals surface area contributed by atoms with Gasteiger partial charge in [-0.15, -0.1) is 0 Å². The number of anilines is 1. The minimum Gasteiger partial charge on any atom is -0.462 e. The molecule has 144 valence electrons. The molecule has 2 N–H and O–H groups in total. The molecule has 0 aliphatic rings. The molecule has 0 heterocycles. The molecule has 1 atom stereocenters. The van der Waals surface area contributed by atoms with Gasteiger partial charge in [0.2, 0.25) is 0 Å². The van der Waals surface area contributed by atoms with Crippen molar-refractivity contribution >= 4 is 40.6 Å². The van der Waals surface area contributed by atoms with Gasteiger partial charge in [-0.1, -0.05) is 49.7 Å².